The highest BCUT2D eigenvalue weighted by atomic mass is 31.2. The number of ether oxygens (including phenoxy) is 1. The van der Waals surface area contributed by atoms with Crippen LogP contribution in [0.15, 0.2) is 60.8 Å². The summed E-state index contributed by atoms with van der Waals surface area (Å²) in [6, 6.07) is -0.891. The third-order valence-corrected chi connectivity index (χ3v) is 18.4. The van der Waals surface area contributed by atoms with Gasteiger partial charge >= 0.3 is 5.97 Å². The molecule has 0 aromatic carbocycles. The number of carbonyl (C=O) groups excluding carboxylic acids is 2. The first-order valence-corrected chi connectivity index (χ1v) is 40.1. The number of nitrogens with one attached hydrogen (secondary N) is 1. The van der Waals surface area contributed by atoms with Crippen LogP contribution in [0, 0.1) is 0 Å². The number of esters is 1. The SMILES string of the molecule is CCCCC/C=C\C/C=C\C/C=C\CCCCCCCCCCCCCCC(=O)NC(COP(=O)([O-])OCC[N+](C)(C)C)C(/C=C/CCCCCCCCCCCCC)OC(=O)CCCCCCCCCCCCCCCCC/C=C/CCCCCCCC. The summed E-state index contributed by atoms with van der Waals surface area (Å²) in [4.78, 5) is 40.3. The van der Waals surface area contributed by atoms with Crippen molar-refractivity contribution in [2.24, 2.45) is 0 Å². The molecular weight excluding hydrogens is 1120 g/mol. The Morgan fingerprint density at radius 2 is 0.685 bits per heavy atom. The molecule has 89 heavy (non-hydrogen) atoms. The normalized spacial score (nSPS) is 13.7. The van der Waals surface area contributed by atoms with E-state index in [9.17, 15) is 19.0 Å². The van der Waals surface area contributed by atoms with Crippen LogP contribution < -0.4 is 10.2 Å². The number of hydrogen-bond acceptors (Lipinski definition) is 7. The van der Waals surface area contributed by atoms with E-state index in [0.717, 1.165) is 70.6 Å². The van der Waals surface area contributed by atoms with Gasteiger partial charge in [0.1, 0.15) is 19.3 Å². The number of phosphoric acid groups is 1. The van der Waals surface area contributed by atoms with Crippen LogP contribution in [-0.2, 0) is 27.9 Å². The first-order valence-electron chi connectivity index (χ1n) is 38.6. The van der Waals surface area contributed by atoms with E-state index >= 15 is 0 Å². The van der Waals surface area contributed by atoms with Crippen LogP contribution in [0.4, 0.5) is 0 Å². The average Bonchev–Trinajstić information content (AvgIpc) is 3.67. The number of likely N-dealkylation sites (N-methyl/N-ethyl adjacent to an activating group) is 1. The third kappa shape index (κ3) is 69.9. The van der Waals surface area contributed by atoms with Gasteiger partial charge in [0.15, 0.2) is 0 Å². The summed E-state index contributed by atoms with van der Waals surface area (Å²) >= 11 is 0. The lowest BCUT2D eigenvalue weighted by molar-refractivity contribution is -0.870. The molecule has 0 aromatic rings. The zero-order chi connectivity index (χ0) is 64.9. The van der Waals surface area contributed by atoms with Gasteiger partial charge in [-0.1, -0.05) is 332 Å². The number of carbonyl (C=O) groups is 2. The lowest BCUT2D eigenvalue weighted by Crippen LogP contribution is -2.47. The van der Waals surface area contributed by atoms with E-state index in [2.05, 4.69) is 74.7 Å². The highest BCUT2D eigenvalue weighted by Gasteiger charge is 2.27. The fraction of sp³-hybridized carbons (Fsp3) is 0.848. The first kappa shape index (κ1) is 86.7. The molecule has 0 spiro atoms. The van der Waals surface area contributed by atoms with Gasteiger partial charge in [-0.05, 0) is 96.0 Å². The van der Waals surface area contributed by atoms with E-state index in [0.29, 0.717) is 17.4 Å². The highest BCUT2D eigenvalue weighted by Crippen LogP contribution is 2.38. The second kappa shape index (κ2) is 68.6. The number of phosphoric ester groups is 1. The quantitative estimate of drug-likeness (QED) is 0.0212. The van der Waals surface area contributed by atoms with Crippen molar-refractivity contribution < 1.29 is 37.3 Å². The van der Waals surface area contributed by atoms with Gasteiger partial charge < -0.3 is 28.5 Å². The van der Waals surface area contributed by atoms with Crippen LogP contribution in [0.1, 0.15) is 380 Å². The molecule has 0 aromatic heterocycles. The van der Waals surface area contributed by atoms with Gasteiger partial charge in [-0.2, -0.15) is 0 Å². The van der Waals surface area contributed by atoms with Crippen molar-refractivity contribution in [3.8, 4) is 0 Å². The Balaban J connectivity index is 5.00. The molecule has 0 aliphatic rings. The number of allylic oxidation sites excluding steroid dienone is 9. The molecule has 0 aliphatic heterocycles. The Hall–Kier alpha value is -2.29. The molecule has 3 atom stereocenters. The van der Waals surface area contributed by atoms with Crippen molar-refractivity contribution >= 4 is 19.7 Å². The van der Waals surface area contributed by atoms with Gasteiger partial charge in [-0.3, -0.25) is 14.2 Å². The molecule has 0 saturated heterocycles. The number of hydrogen-bond donors (Lipinski definition) is 1. The predicted molar refractivity (Wildman–Crippen MR) is 385 cm³/mol. The topological polar surface area (TPSA) is 114 Å². The minimum Gasteiger partial charge on any atom is -0.756 e. The summed E-state index contributed by atoms with van der Waals surface area (Å²) in [7, 11) is 1.20. The minimum atomic E-state index is -4.71. The lowest BCUT2D eigenvalue weighted by atomic mass is 10.0. The Morgan fingerprint density at radius 1 is 0.393 bits per heavy atom. The van der Waals surface area contributed by atoms with E-state index in [-0.39, 0.29) is 31.5 Å². The Morgan fingerprint density at radius 3 is 1.06 bits per heavy atom. The highest BCUT2D eigenvalue weighted by molar-refractivity contribution is 7.45. The summed E-state index contributed by atoms with van der Waals surface area (Å²) in [5.41, 5.74) is 0. The fourth-order valence-electron chi connectivity index (χ4n) is 11.5. The number of nitrogens with zero attached hydrogens (tertiary/aromatic N) is 1. The van der Waals surface area contributed by atoms with E-state index < -0.39 is 20.0 Å². The average molecular weight is 1270 g/mol. The molecule has 522 valence electrons. The van der Waals surface area contributed by atoms with Crippen LogP contribution in [0.2, 0.25) is 0 Å². The number of rotatable bonds is 71. The van der Waals surface area contributed by atoms with Gasteiger partial charge in [-0.25, -0.2) is 0 Å². The first-order chi connectivity index (χ1) is 43.4. The largest absolute Gasteiger partial charge is 0.756 e. The van der Waals surface area contributed by atoms with Crippen molar-refractivity contribution in [3.05, 3.63) is 60.8 Å². The van der Waals surface area contributed by atoms with Crippen molar-refractivity contribution in [3.63, 3.8) is 0 Å². The van der Waals surface area contributed by atoms with Gasteiger partial charge in [0.25, 0.3) is 7.82 Å². The molecule has 1 N–H and O–H groups in total. The standard InChI is InChI=1S/C79H149N2O7P/c1-7-10-13-16-19-22-25-28-30-32-34-36-38-40-42-44-46-48-50-53-56-59-62-65-68-71-78(82)80-76(75-87-89(84,85)86-74-73-81(4,5)6)77(70-67-64-61-58-55-52-27-24-21-18-15-12-9-3)88-79(83)72-69-66-63-60-57-54-51-49-47-45-43-41-39-37-35-33-31-29-26-23-20-17-14-11-8-2/h19,22,28-31,34,36,67,70,76-77H,7-18,20-21,23-27,32-33,35,37-66,68-69,71-75H2,1-6H3,(H-,80,82,84,85)/b22-19-,30-28-,31-29+,36-34-,70-67+. The molecule has 0 aliphatic carbocycles. The van der Waals surface area contributed by atoms with E-state index in [1.807, 2.05) is 33.3 Å². The molecule has 9 nitrogen and oxygen atoms in total. The molecule has 10 heteroatoms. The summed E-state index contributed by atoms with van der Waals surface area (Å²) in [6.07, 6.45) is 89.2. The molecular formula is C79H149N2O7P. The smallest absolute Gasteiger partial charge is 0.306 e. The van der Waals surface area contributed by atoms with Crippen LogP contribution in [0.3, 0.4) is 0 Å². The van der Waals surface area contributed by atoms with Gasteiger partial charge in [0.2, 0.25) is 5.91 Å². The van der Waals surface area contributed by atoms with E-state index in [4.69, 9.17) is 13.8 Å². The maximum Gasteiger partial charge on any atom is 0.306 e. The van der Waals surface area contributed by atoms with Crippen molar-refractivity contribution in [2.75, 3.05) is 40.9 Å². The minimum absolute atomic E-state index is 0.0218. The van der Waals surface area contributed by atoms with E-state index in [1.165, 1.54) is 276 Å². The Kier molecular flexibility index (Phi) is 66.8. The van der Waals surface area contributed by atoms with Crippen molar-refractivity contribution in [1.82, 2.24) is 5.32 Å². The molecule has 0 saturated carbocycles. The summed E-state index contributed by atoms with van der Waals surface area (Å²) in [5.74, 6) is -0.525. The molecule has 0 fully saturated rings. The Bertz CT molecular complexity index is 1700. The number of unbranched alkanes of at least 4 members (excludes halogenated alkanes) is 47. The fourth-order valence-corrected chi connectivity index (χ4v) is 12.2. The summed E-state index contributed by atoms with van der Waals surface area (Å²) in [5, 5.41) is 3.06. The lowest BCUT2D eigenvalue weighted by Gasteiger charge is -2.30. The van der Waals surface area contributed by atoms with Crippen LogP contribution in [-0.4, -0.2) is 69.4 Å². The number of quaternary nitrogens is 1. The summed E-state index contributed by atoms with van der Waals surface area (Å²) < 4.78 is 30.5. The van der Waals surface area contributed by atoms with Crippen LogP contribution in [0.25, 0.3) is 0 Å². The number of amides is 1. The molecule has 3 unspecified atom stereocenters. The summed E-state index contributed by atoms with van der Waals surface area (Å²) in [6.45, 7) is 6.87. The van der Waals surface area contributed by atoms with Crippen LogP contribution >= 0.6 is 7.82 Å². The van der Waals surface area contributed by atoms with Gasteiger partial charge in [0, 0.05) is 12.8 Å². The monoisotopic (exact) mass is 1270 g/mol. The predicted octanol–water partition coefficient (Wildman–Crippen LogP) is 24.3. The van der Waals surface area contributed by atoms with Crippen molar-refractivity contribution in [2.45, 2.75) is 392 Å². The second-order valence-corrected chi connectivity index (χ2v) is 28.9. The molecule has 1 amide bonds. The Labute approximate surface area is 553 Å². The molecule has 0 rings (SSSR count). The maximum atomic E-state index is 13.6. The van der Waals surface area contributed by atoms with E-state index in [1.54, 1.807) is 0 Å². The third-order valence-electron chi connectivity index (χ3n) is 17.4. The molecule has 0 heterocycles. The van der Waals surface area contributed by atoms with Crippen molar-refractivity contribution in [1.29, 1.82) is 0 Å². The second-order valence-electron chi connectivity index (χ2n) is 27.5. The van der Waals surface area contributed by atoms with Gasteiger partial charge in [-0.15, -0.1) is 0 Å². The zero-order valence-corrected chi connectivity index (χ0v) is 60.8. The molecule has 0 bridgehead atoms. The molecule has 0 radical (unpaired) electrons. The zero-order valence-electron chi connectivity index (χ0n) is 59.9. The van der Waals surface area contributed by atoms with Gasteiger partial charge in [0.05, 0.1) is 33.8 Å². The van der Waals surface area contributed by atoms with Crippen LogP contribution in [0.5, 0.6) is 0 Å². The maximum absolute atomic E-state index is 13.6.